The molecule has 0 amide bonds. The van der Waals surface area contributed by atoms with Gasteiger partial charge in [0, 0.05) is 25.5 Å². The van der Waals surface area contributed by atoms with Gasteiger partial charge in [0.1, 0.15) is 0 Å². The Hall–Kier alpha value is -2.54. The Labute approximate surface area is 173 Å². The first kappa shape index (κ1) is 17.9. The Morgan fingerprint density at radius 1 is 0.852 bits per heavy atom. The number of hydrogen-bond acceptors (Lipinski definition) is 1. The van der Waals surface area contributed by atoms with Gasteiger partial charge >= 0.3 is 0 Å². The second kappa shape index (κ2) is 6.88. The summed E-state index contributed by atoms with van der Waals surface area (Å²) in [6, 6.07) is 24.7. The zero-order valence-electron chi connectivity index (χ0n) is 15.2. The summed E-state index contributed by atoms with van der Waals surface area (Å²) >= 11 is 0. The van der Waals surface area contributed by atoms with E-state index in [1.54, 1.807) is 0 Å². The van der Waals surface area contributed by atoms with Crippen LogP contribution in [0.5, 0.6) is 0 Å². The van der Waals surface area contributed by atoms with E-state index in [0.29, 0.717) is 0 Å². The van der Waals surface area contributed by atoms with Crippen LogP contribution in [0.4, 0.5) is 0 Å². The molecule has 3 aromatic carbocycles. The number of pyridine rings is 1. The van der Waals surface area contributed by atoms with Crippen LogP contribution in [-0.2, 0) is 20.1 Å². The van der Waals surface area contributed by atoms with Gasteiger partial charge in [0.25, 0.3) is 0 Å². The van der Waals surface area contributed by atoms with Crippen molar-refractivity contribution < 1.29 is 20.1 Å². The van der Waals surface area contributed by atoms with E-state index in [2.05, 4.69) is 86.7 Å². The molecule has 0 N–H and O–H groups in total. The van der Waals surface area contributed by atoms with Gasteiger partial charge in [-0.3, -0.25) is 4.98 Å². The average Bonchev–Trinajstić information content (AvgIpc) is 3.11. The van der Waals surface area contributed by atoms with Crippen molar-refractivity contribution in [2.24, 2.45) is 0 Å². The first-order valence-corrected chi connectivity index (χ1v) is 8.91. The Morgan fingerprint density at radius 2 is 1.67 bits per heavy atom. The Kier molecular flexibility index (Phi) is 4.55. The van der Waals surface area contributed by atoms with E-state index >= 15 is 0 Å². The maximum absolute atomic E-state index is 4.98. The summed E-state index contributed by atoms with van der Waals surface area (Å²) in [4.78, 5) is 4.98. The molecule has 0 unspecified atom stereocenters. The van der Waals surface area contributed by atoms with Crippen LogP contribution in [0.1, 0.15) is 22.3 Å². The number of benzene rings is 3. The molecule has 1 aliphatic carbocycles. The summed E-state index contributed by atoms with van der Waals surface area (Å²) in [6.07, 6.45) is 4.39. The fourth-order valence-corrected chi connectivity index (χ4v) is 3.77. The van der Waals surface area contributed by atoms with Gasteiger partial charge in [-0.05, 0) is 42.3 Å². The van der Waals surface area contributed by atoms with Crippen LogP contribution in [0.25, 0.3) is 45.4 Å². The molecular formula is C25H18IrN-. The standard InChI is InChI=1S/C25H18N.Ir/c1-16-9-11-18(12-10-16)20-6-3-7-21(15-20)25-17(2)22-14-13-19-5-4-8-23(26-25)24(19)22;/h3-6,8-15H,1-2H3;/q-1;. The summed E-state index contributed by atoms with van der Waals surface area (Å²) in [6.45, 7) is 4.27. The molecule has 1 aliphatic rings. The van der Waals surface area contributed by atoms with E-state index in [9.17, 15) is 0 Å². The van der Waals surface area contributed by atoms with Gasteiger partial charge in [-0.2, -0.15) is 0 Å². The quantitative estimate of drug-likeness (QED) is 0.241. The largest absolute Gasteiger partial charge is 0.296 e. The SMILES string of the molecule is Cc1ccc(-c2cc[c-]c(-c3nc4cccc5c4c(c3C)C=C5)c2)cc1.[Ir]. The maximum atomic E-state index is 4.98. The molecule has 1 heterocycles. The van der Waals surface area contributed by atoms with Crippen LogP contribution in [0.3, 0.4) is 0 Å². The van der Waals surface area contributed by atoms with Gasteiger partial charge in [-0.15, -0.1) is 35.4 Å². The number of aromatic nitrogens is 1. The zero-order valence-corrected chi connectivity index (χ0v) is 17.6. The third-order valence-electron chi connectivity index (χ3n) is 5.21. The summed E-state index contributed by atoms with van der Waals surface area (Å²) in [5, 5.41) is 1.27. The predicted molar refractivity (Wildman–Crippen MR) is 110 cm³/mol. The molecular weight excluding hydrogens is 506 g/mol. The van der Waals surface area contributed by atoms with Crippen molar-refractivity contribution in [1.82, 2.24) is 4.98 Å². The molecule has 1 aromatic heterocycles. The van der Waals surface area contributed by atoms with Crippen molar-refractivity contribution in [3.8, 4) is 22.4 Å². The second-order valence-electron chi connectivity index (χ2n) is 6.93. The minimum atomic E-state index is 0. The maximum Gasteiger partial charge on any atom is 0.0607 e. The van der Waals surface area contributed by atoms with Crippen LogP contribution in [0.15, 0.2) is 60.7 Å². The third-order valence-corrected chi connectivity index (χ3v) is 5.21. The molecule has 2 heteroatoms. The monoisotopic (exact) mass is 525 g/mol. The molecule has 0 bridgehead atoms. The molecule has 0 atom stereocenters. The summed E-state index contributed by atoms with van der Waals surface area (Å²) in [7, 11) is 0. The topological polar surface area (TPSA) is 12.9 Å². The van der Waals surface area contributed by atoms with Gasteiger partial charge in [0.2, 0.25) is 0 Å². The van der Waals surface area contributed by atoms with Gasteiger partial charge < -0.3 is 0 Å². The van der Waals surface area contributed by atoms with Crippen LogP contribution in [-0.4, -0.2) is 4.98 Å². The van der Waals surface area contributed by atoms with Gasteiger partial charge in [0.15, 0.2) is 0 Å². The van der Waals surface area contributed by atoms with Crippen LogP contribution in [0, 0.1) is 19.9 Å². The van der Waals surface area contributed by atoms with Crippen LogP contribution in [0.2, 0.25) is 0 Å². The Morgan fingerprint density at radius 3 is 2.48 bits per heavy atom. The molecule has 0 saturated carbocycles. The van der Waals surface area contributed by atoms with E-state index in [1.165, 1.54) is 38.8 Å². The molecule has 4 aromatic rings. The summed E-state index contributed by atoms with van der Waals surface area (Å²) < 4.78 is 0. The molecule has 1 nitrogen and oxygen atoms in total. The average molecular weight is 525 g/mol. The third kappa shape index (κ3) is 2.96. The van der Waals surface area contributed by atoms with Crippen LogP contribution < -0.4 is 0 Å². The number of rotatable bonds is 2. The molecule has 133 valence electrons. The normalized spacial score (nSPS) is 11.6. The second-order valence-corrected chi connectivity index (χ2v) is 6.93. The van der Waals surface area contributed by atoms with Crippen molar-refractivity contribution in [2.75, 3.05) is 0 Å². The molecule has 0 fully saturated rings. The Balaban J connectivity index is 0.00000180. The van der Waals surface area contributed by atoms with Gasteiger partial charge in [-0.25, -0.2) is 0 Å². The fraction of sp³-hybridized carbons (Fsp3) is 0.0800. The van der Waals surface area contributed by atoms with Gasteiger partial charge in [-0.1, -0.05) is 59.7 Å². The number of hydrogen-bond donors (Lipinski definition) is 0. The predicted octanol–water partition coefficient (Wildman–Crippen LogP) is 6.47. The van der Waals surface area contributed by atoms with Crippen molar-refractivity contribution in [3.63, 3.8) is 0 Å². The van der Waals surface area contributed by atoms with Gasteiger partial charge in [0.05, 0.1) is 5.52 Å². The number of nitrogens with zero attached hydrogens (tertiary/aromatic N) is 1. The van der Waals surface area contributed by atoms with Crippen molar-refractivity contribution >= 4 is 23.1 Å². The zero-order chi connectivity index (χ0) is 17.7. The van der Waals surface area contributed by atoms with E-state index in [0.717, 1.165) is 16.8 Å². The summed E-state index contributed by atoms with van der Waals surface area (Å²) in [5.41, 5.74) is 10.6. The molecule has 1 radical (unpaired) electrons. The van der Waals surface area contributed by atoms with Crippen LogP contribution >= 0.6 is 0 Å². The molecule has 0 aliphatic heterocycles. The fourth-order valence-electron chi connectivity index (χ4n) is 3.77. The van der Waals surface area contributed by atoms with Crippen molar-refractivity contribution in [2.45, 2.75) is 13.8 Å². The van der Waals surface area contributed by atoms with E-state index in [4.69, 9.17) is 4.98 Å². The minimum Gasteiger partial charge on any atom is -0.296 e. The first-order chi connectivity index (χ1) is 12.7. The van der Waals surface area contributed by atoms with E-state index in [-0.39, 0.29) is 20.1 Å². The van der Waals surface area contributed by atoms with E-state index < -0.39 is 0 Å². The summed E-state index contributed by atoms with van der Waals surface area (Å²) in [5.74, 6) is 0. The van der Waals surface area contributed by atoms with Crippen molar-refractivity contribution in [3.05, 3.63) is 89.0 Å². The van der Waals surface area contributed by atoms with E-state index in [1.807, 2.05) is 6.07 Å². The molecule has 27 heavy (non-hydrogen) atoms. The first-order valence-electron chi connectivity index (χ1n) is 8.91. The molecule has 0 saturated heterocycles. The molecule has 5 rings (SSSR count). The number of aryl methyl sites for hydroxylation is 1. The smallest absolute Gasteiger partial charge is 0.0607 e. The molecule has 0 spiro atoms. The van der Waals surface area contributed by atoms with Crippen molar-refractivity contribution in [1.29, 1.82) is 0 Å². The Bertz CT molecular complexity index is 1190. The minimum absolute atomic E-state index is 0.